The maximum Gasteiger partial charge on any atom is 0.325 e. The van der Waals surface area contributed by atoms with Crippen molar-refractivity contribution in [2.45, 2.75) is 6.54 Å². The molecule has 28 heavy (non-hydrogen) atoms. The lowest BCUT2D eigenvalue weighted by molar-refractivity contribution is -0.147. The van der Waals surface area contributed by atoms with Crippen molar-refractivity contribution >= 4 is 29.4 Å². The maximum absolute atomic E-state index is 11.9. The molecule has 0 unspecified atom stereocenters. The number of amides is 2. The van der Waals surface area contributed by atoms with Gasteiger partial charge in [0.1, 0.15) is 6.54 Å². The molecular formula is C19H17ClN2O6. The van der Waals surface area contributed by atoms with E-state index >= 15 is 0 Å². The Labute approximate surface area is 165 Å². The van der Waals surface area contributed by atoms with Crippen LogP contribution in [0.3, 0.4) is 0 Å². The number of rotatable bonds is 7. The van der Waals surface area contributed by atoms with Crippen LogP contribution in [0.4, 0.5) is 0 Å². The van der Waals surface area contributed by atoms with Gasteiger partial charge in [0.25, 0.3) is 11.8 Å². The third kappa shape index (κ3) is 5.37. The molecular weight excluding hydrogens is 388 g/mol. The molecule has 1 aliphatic rings. The van der Waals surface area contributed by atoms with E-state index in [2.05, 4.69) is 10.6 Å². The first-order valence-electron chi connectivity index (χ1n) is 8.36. The van der Waals surface area contributed by atoms with Gasteiger partial charge in [0.2, 0.25) is 6.79 Å². The Morgan fingerprint density at radius 3 is 2.54 bits per heavy atom. The van der Waals surface area contributed by atoms with Crippen molar-refractivity contribution in [3.63, 3.8) is 0 Å². The van der Waals surface area contributed by atoms with Crippen LogP contribution in [0, 0.1) is 0 Å². The minimum atomic E-state index is -0.722. The minimum absolute atomic E-state index is 0.176. The van der Waals surface area contributed by atoms with Crippen LogP contribution in [0.25, 0.3) is 0 Å². The standard InChI is InChI=1S/C19H17ClN2O6/c20-14-4-2-13(3-5-14)19(25)22-9-18(24)26-10-17(23)21-8-12-1-6-15-16(7-12)28-11-27-15/h1-7H,8-11H2,(H,21,23)(H,22,25). The molecule has 0 saturated carbocycles. The second-order valence-corrected chi connectivity index (χ2v) is 6.25. The number of benzene rings is 2. The van der Waals surface area contributed by atoms with Gasteiger partial charge in [-0.15, -0.1) is 0 Å². The van der Waals surface area contributed by atoms with E-state index in [1.807, 2.05) is 0 Å². The van der Waals surface area contributed by atoms with E-state index in [1.165, 1.54) is 12.1 Å². The smallest absolute Gasteiger partial charge is 0.325 e. The number of esters is 1. The lowest BCUT2D eigenvalue weighted by Crippen LogP contribution is -2.33. The van der Waals surface area contributed by atoms with Crippen LogP contribution >= 0.6 is 11.6 Å². The third-order valence-electron chi connectivity index (χ3n) is 3.79. The van der Waals surface area contributed by atoms with Crippen molar-refractivity contribution < 1.29 is 28.6 Å². The number of hydrogen-bond donors (Lipinski definition) is 2. The van der Waals surface area contributed by atoms with Crippen LogP contribution < -0.4 is 20.1 Å². The molecule has 9 heteroatoms. The van der Waals surface area contributed by atoms with E-state index in [0.29, 0.717) is 22.1 Å². The Bertz CT molecular complexity index is 884. The van der Waals surface area contributed by atoms with Crippen molar-refractivity contribution in [2.24, 2.45) is 0 Å². The third-order valence-corrected chi connectivity index (χ3v) is 4.04. The van der Waals surface area contributed by atoms with Gasteiger partial charge in [-0.1, -0.05) is 17.7 Å². The summed E-state index contributed by atoms with van der Waals surface area (Å²) in [5.74, 6) is -0.351. The van der Waals surface area contributed by atoms with Crippen LogP contribution in [0.5, 0.6) is 11.5 Å². The van der Waals surface area contributed by atoms with E-state index < -0.39 is 24.4 Å². The minimum Gasteiger partial charge on any atom is -0.454 e. The molecule has 0 saturated heterocycles. The summed E-state index contributed by atoms with van der Waals surface area (Å²) in [5, 5.41) is 5.54. The number of ether oxygens (including phenoxy) is 3. The quantitative estimate of drug-likeness (QED) is 0.680. The number of carbonyl (C=O) groups is 3. The van der Waals surface area contributed by atoms with Gasteiger partial charge in [0, 0.05) is 17.1 Å². The van der Waals surface area contributed by atoms with Crippen molar-refractivity contribution in [1.82, 2.24) is 10.6 Å². The molecule has 0 fully saturated rings. The molecule has 0 spiro atoms. The normalized spacial score (nSPS) is 11.6. The van der Waals surface area contributed by atoms with Gasteiger partial charge < -0.3 is 24.8 Å². The van der Waals surface area contributed by atoms with Gasteiger partial charge in [0.15, 0.2) is 18.1 Å². The average Bonchev–Trinajstić information content (AvgIpc) is 3.17. The maximum atomic E-state index is 11.9. The van der Waals surface area contributed by atoms with Crippen LogP contribution in [-0.4, -0.2) is 37.7 Å². The first-order chi connectivity index (χ1) is 13.5. The van der Waals surface area contributed by atoms with Gasteiger partial charge in [-0.25, -0.2) is 0 Å². The Balaban J connectivity index is 1.35. The number of hydrogen-bond acceptors (Lipinski definition) is 6. The SMILES string of the molecule is O=C(COC(=O)CNC(=O)c1ccc(Cl)cc1)NCc1ccc2c(c1)OCO2. The summed E-state index contributed by atoms with van der Waals surface area (Å²) in [5.41, 5.74) is 1.18. The predicted molar refractivity (Wildman–Crippen MR) is 99.2 cm³/mol. The van der Waals surface area contributed by atoms with E-state index in [9.17, 15) is 14.4 Å². The molecule has 2 N–H and O–H groups in total. The van der Waals surface area contributed by atoms with Crippen molar-refractivity contribution in [3.8, 4) is 11.5 Å². The monoisotopic (exact) mass is 404 g/mol. The Morgan fingerprint density at radius 2 is 1.75 bits per heavy atom. The summed E-state index contributed by atoms with van der Waals surface area (Å²) < 4.78 is 15.3. The van der Waals surface area contributed by atoms with E-state index in [0.717, 1.165) is 5.56 Å². The van der Waals surface area contributed by atoms with Gasteiger partial charge in [0.05, 0.1) is 0 Å². The zero-order chi connectivity index (χ0) is 19.9. The number of carbonyl (C=O) groups excluding carboxylic acids is 3. The van der Waals surface area contributed by atoms with E-state index in [1.54, 1.807) is 30.3 Å². The highest BCUT2D eigenvalue weighted by molar-refractivity contribution is 6.30. The first-order valence-corrected chi connectivity index (χ1v) is 8.73. The first kappa shape index (κ1) is 19.5. The highest BCUT2D eigenvalue weighted by atomic mass is 35.5. The molecule has 0 aromatic heterocycles. The topological polar surface area (TPSA) is 103 Å². The molecule has 8 nitrogen and oxygen atoms in total. The highest BCUT2D eigenvalue weighted by Gasteiger charge is 2.14. The second-order valence-electron chi connectivity index (χ2n) is 5.81. The molecule has 2 aromatic carbocycles. The van der Waals surface area contributed by atoms with E-state index in [-0.39, 0.29) is 19.9 Å². The summed E-state index contributed by atoms with van der Waals surface area (Å²) in [6, 6.07) is 11.5. The van der Waals surface area contributed by atoms with Crippen LogP contribution in [-0.2, 0) is 20.9 Å². The van der Waals surface area contributed by atoms with Crippen LogP contribution in [0.2, 0.25) is 5.02 Å². The van der Waals surface area contributed by atoms with Crippen LogP contribution in [0.1, 0.15) is 15.9 Å². The number of nitrogens with one attached hydrogen (secondary N) is 2. The summed E-state index contributed by atoms with van der Waals surface area (Å²) in [6.45, 7) is -0.368. The molecule has 0 aliphatic carbocycles. The predicted octanol–water partition coefficient (Wildman–Crippen LogP) is 1.66. The number of fused-ring (bicyclic) bond motifs is 1. The second kappa shape index (κ2) is 9.09. The molecule has 0 atom stereocenters. The van der Waals surface area contributed by atoms with Crippen molar-refractivity contribution in [3.05, 3.63) is 58.6 Å². The fourth-order valence-electron chi connectivity index (χ4n) is 2.36. The molecule has 1 aliphatic heterocycles. The largest absolute Gasteiger partial charge is 0.454 e. The fourth-order valence-corrected chi connectivity index (χ4v) is 2.48. The summed E-state index contributed by atoms with van der Waals surface area (Å²) in [4.78, 5) is 35.4. The highest BCUT2D eigenvalue weighted by Crippen LogP contribution is 2.32. The van der Waals surface area contributed by atoms with Crippen LogP contribution in [0.15, 0.2) is 42.5 Å². The lowest BCUT2D eigenvalue weighted by Gasteiger charge is -2.08. The molecule has 146 valence electrons. The van der Waals surface area contributed by atoms with Gasteiger partial charge in [-0.2, -0.15) is 0 Å². The molecule has 3 rings (SSSR count). The zero-order valence-corrected chi connectivity index (χ0v) is 15.5. The van der Waals surface area contributed by atoms with Gasteiger partial charge in [-0.05, 0) is 42.0 Å². The summed E-state index contributed by atoms with van der Waals surface area (Å²) >= 11 is 5.75. The zero-order valence-electron chi connectivity index (χ0n) is 14.7. The van der Waals surface area contributed by atoms with Crippen molar-refractivity contribution in [1.29, 1.82) is 0 Å². The number of halogens is 1. The Morgan fingerprint density at radius 1 is 1.00 bits per heavy atom. The van der Waals surface area contributed by atoms with Crippen molar-refractivity contribution in [2.75, 3.05) is 19.9 Å². The van der Waals surface area contributed by atoms with Gasteiger partial charge in [-0.3, -0.25) is 14.4 Å². The summed E-state index contributed by atoms with van der Waals surface area (Å²) in [7, 11) is 0. The molecule has 0 bridgehead atoms. The molecule has 0 radical (unpaired) electrons. The molecule has 1 heterocycles. The molecule has 2 amide bonds. The molecule has 2 aromatic rings. The van der Waals surface area contributed by atoms with Gasteiger partial charge >= 0.3 is 5.97 Å². The lowest BCUT2D eigenvalue weighted by atomic mass is 10.2. The fraction of sp³-hybridized carbons (Fsp3) is 0.211. The Kier molecular flexibility index (Phi) is 6.33. The Hall–Kier alpha value is -3.26. The van der Waals surface area contributed by atoms with E-state index in [4.69, 9.17) is 25.8 Å². The summed E-state index contributed by atoms with van der Waals surface area (Å²) in [6.07, 6.45) is 0. The average molecular weight is 405 g/mol.